The number of hydrogen-bond donors (Lipinski definition) is 1. The Kier molecular flexibility index (Phi) is 5.09. The monoisotopic (exact) mass is 331 g/mol. The van der Waals surface area contributed by atoms with Crippen molar-refractivity contribution in [3.05, 3.63) is 89.3 Å². The van der Waals surface area contributed by atoms with Crippen LogP contribution in [0.5, 0.6) is 0 Å². The predicted octanol–water partition coefficient (Wildman–Crippen LogP) is 3.82. The molecule has 0 atom stereocenters. The summed E-state index contributed by atoms with van der Waals surface area (Å²) in [6, 6.07) is 19.8. The van der Waals surface area contributed by atoms with Gasteiger partial charge in [-0.15, -0.1) is 0 Å². The second kappa shape index (κ2) is 7.62. The van der Waals surface area contributed by atoms with Gasteiger partial charge in [0.1, 0.15) is 0 Å². The van der Waals surface area contributed by atoms with Crippen LogP contribution in [0.4, 0.5) is 0 Å². The molecule has 0 unspecified atom stereocenters. The fourth-order valence-corrected chi connectivity index (χ4v) is 2.72. The molecule has 0 bridgehead atoms. The van der Waals surface area contributed by atoms with Crippen molar-refractivity contribution in [2.24, 2.45) is 0 Å². The number of para-hydroxylation sites is 1. The van der Waals surface area contributed by atoms with Gasteiger partial charge in [0.15, 0.2) is 0 Å². The molecule has 3 aromatic rings. The van der Waals surface area contributed by atoms with E-state index in [4.69, 9.17) is 0 Å². The summed E-state index contributed by atoms with van der Waals surface area (Å²) < 4.78 is 1.91. The number of nitrogens with one attached hydrogen (secondary N) is 1. The maximum Gasteiger partial charge on any atom is 0.244 e. The molecule has 4 heteroatoms. The lowest BCUT2D eigenvalue weighted by atomic mass is 10.2. The molecule has 0 fully saturated rings. The van der Waals surface area contributed by atoms with E-state index in [2.05, 4.69) is 10.4 Å². The summed E-state index contributed by atoms with van der Waals surface area (Å²) in [5.41, 5.74) is 5.03. The highest BCUT2D eigenvalue weighted by Crippen LogP contribution is 2.17. The molecule has 0 spiro atoms. The van der Waals surface area contributed by atoms with Crippen molar-refractivity contribution in [1.82, 2.24) is 15.1 Å². The molecule has 0 aliphatic carbocycles. The molecule has 0 saturated carbocycles. The fourth-order valence-electron chi connectivity index (χ4n) is 2.72. The minimum atomic E-state index is -0.116. The molecule has 0 radical (unpaired) electrons. The van der Waals surface area contributed by atoms with Crippen LogP contribution in [0.25, 0.3) is 11.8 Å². The average Bonchev–Trinajstić information content (AvgIpc) is 2.94. The summed E-state index contributed by atoms with van der Waals surface area (Å²) in [6.07, 6.45) is 3.37. The Labute approximate surface area is 147 Å². The van der Waals surface area contributed by atoms with E-state index in [9.17, 15) is 4.79 Å². The Hall–Kier alpha value is -3.14. The maximum atomic E-state index is 12.1. The zero-order valence-electron chi connectivity index (χ0n) is 14.4. The zero-order valence-corrected chi connectivity index (χ0v) is 14.4. The number of amides is 1. The first-order valence-corrected chi connectivity index (χ1v) is 8.26. The van der Waals surface area contributed by atoms with Gasteiger partial charge in [-0.3, -0.25) is 4.79 Å². The van der Waals surface area contributed by atoms with Gasteiger partial charge >= 0.3 is 0 Å². The lowest BCUT2D eigenvalue weighted by molar-refractivity contribution is -0.116. The van der Waals surface area contributed by atoms with Crippen LogP contribution >= 0.6 is 0 Å². The van der Waals surface area contributed by atoms with E-state index in [1.54, 1.807) is 6.08 Å². The Morgan fingerprint density at radius 1 is 1.04 bits per heavy atom. The largest absolute Gasteiger partial charge is 0.348 e. The van der Waals surface area contributed by atoms with Gasteiger partial charge < -0.3 is 5.32 Å². The summed E-state index contributed by atoms with van der Waals surface area (Å²) in [5.74, 6) is -0.116. The zero-order chi connectivity index (χ0) is 17.6. The fraction of sp³-hybridized carbons (Fsp3) is 0.143. The molecule has 1 heterocycles. The highest BCUT2D eigenvalue weighted by Gasteiger charge is 2.12. The van der Waals surface area contributed by atoms with Crippen molar-refractivity contribution < 1.29 is 4.79 Å². The SMILES string of the molecule is Cc1nn(-c2ccccc2)c(C)c1CNC(=O)/C=C/c1ccccc1. The number of carbonyl (C=O) groups excluding carboxylic acids is 1. The van der Waals surface area contributed by atoms with Crippen molar-refractivity contribution in [2.75, 3.05) is 0 Å². The minimum Gasteiger partial charge on any atom is -0.348 e. The highest BCUT2D eigenvalue weighted by atomic mass is 16.1. The summed E-state index contributed by atoms with van der Waals surface area (Å²) in [4.78, 5) is 12.1. The van der Waals surface area contributed by atoms with Gasteiger partial charge in [-0.25, -0.2) is 4.68 Å². The lowest BCUT2D eigenvalue weighted by Crippen LogP contribution is -2.21. The van der Waals surface area contributed by atoms with Crippen LogP contribution in [0.3, 0.4) is 0 Å². The van der Waals surface area contributed by atoms with E-state index in [-0.39, 0.29) is 5.91 Å². The standard InChI is InChI=1S/C21H21N3O/c1-16-20(17(2)24(23-16)19-11-7-4-8-12-19)15-22-21(25)14-13-18-9-5-3-6-10-18/h3-14H,15H2,1-2H3,(H,22,25)/b14-13+. The molecule has 4 nitrogen and oxygen atoms in total. The summed E-state index contributed by atoms with van der Waals surface area (Å²) in [6.45, 7) is 4.45. The van der Waals surface area contributed by atoms with Gasteiger partial charge in [-0.05, 0) is 37.6 Å². The molecule has 3 rings (SSSR count). The molecule has 1 aromatic heterocycles. The number of aromatic nitrogens is 2. The third kappa shape index (κ3) is 4.04. The van der Waals surface area contributed by atoms with Crippen LogP contribution in [0.2, 0.25) is 0 Å². The van der Waals surface area contributed by atoms with E-state index in [0.29, 0.717) is 6.54 Å². The van der Waals surface area contributed by atoms with Crippen molar-refractivity contribution >= 4 is 12.0 Å². The molecule has 1 N–H and O–H groups in total. The van der Waals surface area contributed by atoms with Gasteiger partial charge in [0.2, 0.25) is 5.91 Å². The number of carbonyl (C=O) groups is 1. The number of hydrogen-bond acceptors (Lipinski definition) is 2. The lowest BCUT2D eigenvalue weighted by Gasteiger charge is -2.06. The summed E-state index contributed by atoms with van der Waals surface area (Å²) >= 11 is 0. The topological polar surface area (TPSA) is 46.9 Å². The van der Waals surface area contributed by atoms with E-state index < -0.39 is 0 Å². The molecule has 1 amide bonds. The van der Waals surface area contributed by atoms with Crippen LogP contribution < -0.4 is 5.32 Å². The third-order valence-electron chi connectivity index (χ3n) is 4.11. The van der Waals surface area contributed by atoms with E-state index in [1.807, 2.05) is 85.3 Å². The van der Waals surface area contributed by atoms with Gasteiger partial charge in [0.25, 0.3) is 0 Å². The number of aryl methyl sites for hydroxylation is 1. The van der Waals surface area contributed by atoms with Crippen molar-refractivity contribution in [2.45, 2.75) is 20.4 Å². The Morgan fingerprint density at radius 2 is 1.68 bits per heavy atom. The normalized spacial score (nSPS) is 11.0. The number of benzene rings is 2. The summed E-state index contributed by atoms with van der Waals surface area (Å²) in [5, 5.41) is 7.54. The average molecular weight is 331 g/mol. The van der Waals surface area contributed by atoms with Crippen LogP contribution in [0.1, 0.15) is 22.5 Å². The second-order valence-electron chi connectivity index (χ2n) is 5.86. The quantitative estimate of drug-likeness (QED) is 0.723. The number of nitrogens with zero attached hydrogens (tertiary/aromatic N) is 2. The van der Waals surface area contributed by atoms with E-state index >= 15 is 0 Å². The maximum absolute atomic E-state index is 12.1. The van der Waals surface area contributed by atoms with Crippen molar-refractivity contribution in [3.63, 3.8) is 0 Å². The van der Waals surface area contributed by atoms with Gasteiger partial charge in [0.05, 0.1) is 11.4 Å². The first kappa shape index (κ1) is 16.7. The smallest absolute Gasteiger partial charge is 0.244 e. The molecule has 0 aliphatic heterocycles. The van der Waals surface area contributed by atoms with Crippen molar-refractivity contribution in [1.29, 1.82) is 0 Å². The van der Waals surface area contributed by atoms with Crippen LogP contribution in [-0.2, 0) is 11.3 Å². The Bertz CT molecular complexity index is 880. The Morgan fingerprint density at radius 3 is 2.36 bits per heavy atom. The van der Waals surface area contributed by atoms with Crippen molar-refractivity contribution in [3.8, 4) is 5.69 Å². The van der Waals surface area contributed by atoms with E-state index in [1.165, 1.54) is 0 Å². The summed E-state index contributed by atoms with van der Waals surface area (Å²) in [7, 11) is 0. The van der Waals surface area contributed by atoms with Crippen LogP contribution in [-0.4, -0.2) is 15.7 Å². The Balaban J connectivity index is 1.68. The first-order chi connectivity index (χ1) is 12.1. The van der Waals surface area contributed by atoms with E-state index in [0.717, 1.165) is 28.2 Å². The van der Waals surface area contributed by atoms with Crippen LogP contribution in [0.15, 0.2) is 66.7 Å². The molecular weight excluding hydrogens is 310 g/mol. The predicted molar refractivity (Wildman–Crippen MR) is 100 cm³/mol. The van der Waals surface area contributed by atoms with Gasteiger partial charge in [-0.1, -0.05) is 48.5 Å². The van der Waals surface area contributed by atoms with Gasteiger partial charge in [0, 0.05) is 23.9 Å². The molecule has 0 aliphatic rings. The molecule has 25 heavy (non-hydrogen) atoms. The first-order valence-electron chi connectivity index (χ1n) is 8.26. The number of rotatable bonds is 5. The van der Waals surface area contributed by atoms with Gasteiger partial charge in [-0.2, -0.15) is 5.10 Å². The molecular formula is C21H21N3O. The van der Waals surface area contributed by atoms with Crippen LogP contribution in [0, 0.1) is 13.8 Å². The minimum absolute atomic E-state index is 0.116. The molecule has 126 valence electrons. The molecule has 0 saturated heterocycles. The third-order valence-corrected chi connectivity index (χ3v) is 4.11. The molecule has 2 aromatic carbocycles. The second-order valence-corrected chi connectivity index (χ2v) is 5.86. The highest BCUT2D eigenvalue weighted by molar-refractivity contribution is 5.91.